The van der Waals surface area contributed by atoms with Gasteiger partial charge in [-0.15, -0.1) is 0 Å². The SMILES string of the molecule is CCN(Cc1cccc(F)c1)C(=O)[C@@H](NS(=O)(=O)c1ccccc1F)C(C)C. The quantitative estimate of drug-likeness (QED) is 0.726. The van der Waals surface area contributed by atoms with Crippen molar-refractivity contribution in [1.29, 1.82) is 0 Å². The molecule has 2 rings (SSSR count). The number of carbonyl (C=O) groups excluding carboxylic acids is 1. The Bertz CT molecular complexity index is 933. The van der Waals surface area contributed by atoms with Gasteiger partial charge in [0.1, 0.15) is 22.6 Å². The van der Waals surface area contributed by atoms with Crippen LogP contribution < -0.4 is 4.72 Å². The molecule has 1 N–H and O–H groups in total. The summed E-state index contributed by atoms with van der Waals surface area (Å²) in [5.41, 5.74) is 0.592. The molecule has 0 radical (unpaired) electrons. The fourth-order valence-electron chi connectivity index (χ4n) is 2.76. The van der Waals surface area contributed by atoms with Gasteiger partial charge in [0.15, 0.2) is 0 Å². The molecular weight excluding hydrogens is 386 g/mol. The van der Waals surface area contributed by atoms with Crippen molar-refractivity contribution in [2.24, 2.45) is 5.92 Å². The second-order valence-corrected chi connectivity index (χ2v) is 8.44. The van der Waals surface area contributed by atoms with Crippen LogP contribution in [0.15, 0.2) is 53.4 Å². The zero-order chi connectivity index (χ0) is 20.9. The second-order valence-electron chi connectivity index (χ2n) is 6.76. The highest BCUT2D eigenvalue weighted by Gasteiger charge is 2.32. The normalized spacial score (nSPS) is 12.8. The molecule has 2 aromatic rings. The number of nitrogens with zero attached hydrogens (tertiary/aromatic N) is 1. The molecule has 0 saturated heterocycles. The van der Waals surface area contributed by atoms with Crippen molar-refractivity contribution < 1.29 is 22.0 Å². The maximum Gasteiger partial charge on any atom is 0.244 e. The summed E-state index contributed by atoms with van der Waals surface area (Å²) >= 11 is 0. The Kier molecular flexibility index (Phi) is 7.26. The summed E-state index contributed by atoms with van der Waals surface area (Å²) in [5, 5.41) is 0. The van der Waals surface area contributed by atoms with Gasteiger partial charge in [0.2, 0.25) is 15.9 Å². The van der Waals surface area contributed by atoms with E-state index in [0.717, 1.165) is 12.1 Å². The molecule has 0 aliphatic carbocycles. The van der Waals surface area contributed by atoms with Crippen LogP contribution in [-0.4, -0.2) is 31.8 Å². The average Bonchev–Trinajstić information content (AvgIpc) is 2.63. The zero-order valence-corrected chi connectivity index (χ0v) is 16.8. The van der Waals surface area contributed by atoms with Gasteiger partial charge in [-0.05, 0) is 42.7 Å². The lowest BCUT2D eigenvalue weighted by Crippen LogP contribution is -2.51. The van der Waals surface area contributed by atoms with Gasteiger partial charge in [-0.2, -0.15) is 4.72 Å². The molecule has 0 fully saturated rings. The van der Waals surface area contributed by atoms with Crippen LogP contribution in [0.25, 0.3) is 0 Å². The third kappa shape index (κ3) is 5.36. The Morgan fingerprint density at radius 1 is 1.11 bits per heavy atom. The van der Waals surface area contributed by atoms with Crippen molar-refractivity contribution in [3.05, 3.63) is 65.7 Å². The Hall–Kier alpha value is -2.32. The van der Waals surface area contributed by atoms with E-state index in [0.29, 0.717) is 12.1 Å². The Balaban J connectivity index is 2.26. The van der Waals surface area contributed by atoms with E-state index in [1.807, 2.05) is 0 Å². The standard InChI is InChI=1S/C20H24F2N2O3S/c1-4-24(13-15-8-7-9-16(21)12-15)20(25)19(14(2)3)23-28(26,27)18-11-6-5-10-17(18)22/h5-12,14,19,23H,4,13H2,1-3H3/t19-/m0/s1. The van der Waals surface area contributed by atoms with Crippen LogP contribution >= 0.6 is 0 Å². The van der Waals surface area contributed by atoms with E-state index >= 15 is 0 Å². The molecule has 0 aliphatic heterocycles. The summed E-state index contributed by atoms with van der Waals surface area (Å²) in [6, 6.07) is 9.76. The van der Waals surface area contributed by atoms with E-state index in [1.165, 1.54) is 29.2 Å². The predicted molar refractivity (Wildman–Crippen MR) is 103 cm³/mol. The van der Waals surface area contributed by atoms with Gasteiger partial charge < -0.3 is 4.90 Å². The molecular formula is C20H24F2N2O3S. The maximum atomic E-state index is 13.9. The summed E-state index contributed by atoms with van der Waals surface area (Å²) < 4.78 is 54.9. The molecule has 0 saturated carbocycles. The van der Waals surface area contributed by atoms with E-state index < -0.39 is 38.5 Å². The average molecular weight is 410 g/mol. The third-order valence-electron chi connectivity index (χ3n) is 4.30. The van der Waals surface area contributed by atoms with Crippen LogP contribution in [0, 0.1) is 17.6 Å². The minimum absolute atomic E-state index is 0.137. The van der Waals surface area contributed by atoms with Gasteiger partial charge in [-0.1, -0.05) is 38.1 Å². The summed E-state index contributed by atoms with van der Waals surface area (Å²) in [6.07, 6.45) is 0. The fraction of sp³-hybridized carbons (Fsp3) is 0.350. The van der Waals surface area contributed by atoms with Crippen molar-refractivity contribution in [2.75, 3.05) is 6.54 Å². The van der Waals surface area contributed by atoms with Crippen LogP contribution in [0.4, 0.5) is 8.78 Å². The Morgan fingerprint density at radius 3 is 2.36 bits per heavy atom. The molecule has 1 amide bonds. The van der Waals surface area contributed by atoms with Gasteiger partial charge in [-0.3, -0.25) is 4.79 Å². The van der Waals surface area contributed by atoms with Crippen LogP contribution in [0.3, 0.4) is 0 Å². The molecule has 8 heteroatoms. The molecule has 0 spiro atoms. The molecule has 28 heavy (non-hydrogen) atoms. The maximum absolute atomic E-state index is 13.9. The highest BCUT2D eigenvalue weighted by Crippen LogP contribution is 2.17. The van der Waals surface area contributed by atoms with Crippen LogP contribution in [-0.2, 0) is 21.4 Å². The number of nitrogens with one attached hydrogen (secondary N) is 1. The molecule has 1 atom stereocenters. The van der Waals surface area contributed by atoms with E-state index in [1.54, 1.807) is 32.9 Å². The van der Waals surface area contributed by atoms with Crippen molar-refractivity contribution in [3.8, 4) is 0 Å². The van der Waals surface area contributed by atoms with Gasteiger partial charge in [-0.25, -0.2) is 17.2 Å². The minimum Gasteiger partial charge on any atom is -0.337 e. The zero-order valence-electron chi connectivity index (χ0n) is 16.0. The lowest BCUT2D eigenvalue weighted by molar-refractivity contribution is -0.134. The first-order valence-corrected chi connectivity index (χ1v) is 10.4. The number of halogens is 2. The Morgan fingerprint density at radius 2 is 1.79 bits per heavy atom. The first-order valence-electron chi connectivity index (χ1n) is 8.95. The number of carbonyl (C=O) groups is 1. The van der Waals surface area contributed by atoms with Crippen molar-refractivity contribution in [3.63, 3.8) is 0 Å². The highest BCUT2D eigenvalue weighted by molar-refractivity contribution is 7.89. The number of benzene rings is 2. The molecule has 0 heterocycles. The van der Waals surface area contributed by atoms with Gasteiger partial charge in [0.05, 0.1) is 0 Å². The van der Waals surface area contributed by atoms with Crippen LogP contribution in [0.5, 0.6) is 0 Å². The Labute approximate surface area is 164 Å². The lowest BCUT2D eigenvalue weighted by atomic mass is 10.0. The first kappa shape index (κ1) is 22.0. The molecule has 0 unspecified atom stereocenters. The third-order valence-corrected chi connectivity index (χ3v) is 5.77. The van der Waals surface area contributed by atoms with Gasteiger partial charge in [0.25, 0.3) is 0 Å². The fourth-order valence-corrected chi connectivity index (χ4v) is 4.18. The van der Waals surface area contributed by atoms with Gasteiger partial charge in [0, 0.05) is 13.1 Å². The minimum atomic E-state index is -4.23. The number of hydrogen-bond donors (Lipinski definition) is 1. The summed E-state index contributed by atoms with van der Waals surface area (Å²) in [5.74, 6) is -2.14. The summed E-state index contributed by atoms with van der Waals surface area (Å²) in [6.45, 7) is 5.59. The second kappa shape index (κ2) is 9.25. The predicted octanol–water partition coefficient (Wildman–Crippen LogP) is 3.32. The summed E-state index contributed by atoms with van der Waals surface area (Å²) in [7, 11) is -4.23. The smallest absolute Gasteiger partial charge is 0.244 e. The number of hydrogen-bond acceptors (Lipinski definition) is 3. The van der Waals surface area contributed by atoms with E-state index in [2.05, 4.69) is 4.72 Å². The van der Waals surface area contributed by atoms with Crippen molar-refractivity contribution >= 4 is 15.9 Å². The highest BCUT2D eigenvalue weighted by atomic mass is 32.2. The number of amides is 1. The molecule has 0 bridgehead atoms. The number of rotatable bonds is 8. The summed E-state index contributed by atoms with van der Waals surface area (Å²) in [4.78, 5) is 13.9. The molecule has 0 aliphatic rings. The molecule has 152 valence electrons. The number of likely N-dealkylation sites (N-methyl/N-ethyl adjacent to an activating group) is 1. The van der Waals surface area contributed by atoms with Crippen LogP contribution in [0.2, 0.25) is 0 Å². The molecule has 2 aromatic carbocycles. The lowest BCUT2D eigenvalue weighted by Gasteiger charge is -2.29. The largest absolute Gasteiger partial charge is 0.337 e. The van der Waals surface area contributed by atoms with Crippen molar-refractivity contribution in [1.82, 2.24) is 9.62 Å². The topological polar surface area (TPSA) is 66.5 Å². The van der Waals surface area contributed by atoms with Gasteiger partial charge >= 0.3 is 0 Å². The van der Waals surface area contributed by atoms with E-state index in [-0.39, 0.29) is 12.5 Å². The molecule has 5 nitrogen and oxygen atoms in total. The number of sulfonamides is 1. The van der Waals surface area contributed by atoms with E-state index in [4.69, 9.17) is 0 Å². The first-order chi connectivity index (χ1) is 13.2. The van der Waals surface area contributed by atoms with Crippen molar-refractivity contribution in [2.45, 2.75) is 38.3 Å². The van der Waals surface area contributed by atoms with E-state index in [9.17, 15) is 22.0 Å². The monoisotopic (exact) mass is 410 g/mol. The molecule has 0 aromatic heterocycles. The van der Waals surface area contributed by atoms with Crippen LogP contribution in [0.1, 0.15) is 26.3 Å².